The highest BCUT2D eigenvalue weighted by atomic mass is 32.1. The Morgan fingerprint density at radius 2 is 2.00 bits per heavy atom. The lowest BCUT2D eigenvalue weighted by Crippen LogP contribution is -2.25. The van der Waals surface area contributed by atoms with Crippen molar-refractivity contribution in [2.75, 3.05) is 14.2 Å². The third-order valence-electron chi connectivity index (χ3n) is 2.62. The van der Waals surface area contributed by atoms with Gasteiger partial charge < -0.3 is 4.74 Å². The molecule has 0 bridgehead atoms. The Bertz CT molecular complexity index is 522. The Kier molecular flexibility index (Phi) is 4.54. The highest BCUT2D eigenvalue weighted by Crippen LogP contribution is 2.17. The number of nitrogens with zero attached hydrogens (tertiary/aromatic N) is 1. The van der Waals surface area contributed by atoms with E-state index in [1.54, 1.807) is 42.6 Å². The van der Waals surface area contributed by atoms with Gasteiger partial charge in [-0.3, -0.25) is 9.63 Å². The van der Waals surface area contributed by atoms with Crippen molar-refractivity contribution >= 4 is 17.2 Å². The molecule has 0 aliphatic carbocycles. The van der Waals surface area contributed by atoms with Gasteiger partial charge in [-0.05, 0) is 35.7 Å². The fraction of sp³-hybridized carbons (Fsp3) is 0.214. The molecule has 1 amide bonds. The number of thiophene rings is 1. The van der Waals surface area contributed by atoms with Gasteiger partial charge in [0.1, 0.15) is 12.4 Å². The molecule has 19 heavy (non-hydrogen) atoms. The number of carbonyl (C=O) groups excluding carboxylic acids is 1. The number of rotatable bonds is 5. The molecular formula is C14H15NO3S. The number of amides is 1. The van der Waals surface area contributed by atoms with Crippen molar-refractivity contribution in [1.29, 1.82) is 0 Å². The van der Waals surface area contributed by atoms with E-state index in [9.17, 15) is 4.79 Å². The van der Waals surface area contributed by atoms with Gasteiger partial charge >= 0.3 is 0 Å². The van der Waals surface area contributed by atoms with Crippen LogP contribution in [-0.4, -0.2) is 25.1 Å². The molecule has 2 rings (SSSR count). The predicted molar refractivity (Wildman–Crippen MR) is 74.2 cm³/mol. The number of hydrogen-bond acceptors (Lipinski definition) is 4. The molecule has 0 atom stereocenters. The van der Waals surface area contributed by atoms with Crippen LogP contribution in [0.2, 0.25) is 0 Å². The van der Waals surface area contributed by atoms with E-state index in [-0.39, 0.29) is 5.91 Å². The zero-order valence-corrected chi connectivity index (χ0v) is 11.6. The maximum atomic E-state index is 11.8. The van der Waals surface area contributed by atoms with Crippen LogP contribution in [0, 0.1) is 0 Å². The van der Waals surface area contributed by atoms with Gasteiger partial charge in [-0.25, -0.2) is 5.06 Å². The molecule has 5 heteroatoms. The third kappa shape index (κ3) is 3.56. The van der Waals surface area contributed by atoms with E-state index in [0.717, 1.165) is 5.75 Å². The Labute approximate surface area is 116 Å². The summed E-state index contributed by atoms with van der Waals surface area (Å²) in [5.74, 6) is 0.553. The Morgan fingerprint density at radius 3 is 2.58 bits per heavy atom. The van der Waals surface area contributed by atoms with E-state index < -0.39 is 0 Å². The maximum Gasteiger partial charge on any atom is 0.277 e. The fourth-order valence-electron chi connectivity index (χ4n) is 1.51. The van der Waals surface area contributed by atoms with Crippen molar-refractivity contribution in [3.05, 3.63) is 52.2 Å². The van der Waals surface area contributed by atoms with Crippen molar-refractivity contribution in [3.63, 3.8) is 0 Å². The number of benzene rings is 1. The van der Waals surface area contributed by atoms with Crippen LogP contribution < -0.4 is 4.74 Å². The summed E-state index contributed by atoms with van der Waals surface area (Å²) >= 11 is 1.65. The van der Waals surface area contributed by atoms with Crippen LogP contribution in [0.4, 0.5) is 0 Å². The quantitative estimate of drug-likeness (QED) is 0.789. The van der Waals surface area contributed by atoms with E-state index >= 15 is 0 Å². The fourth-order valence-corrected chi connectivity index (χ4v) is 2.12. The first-order valence-corrected chi connectivity index (χ1v) is 6.66. The number of carbonyl (C=O) groups is 1. The average Bonchev–Trinajstić information content (AvgIpc) is 2.97. The van der Waals surface area contributed by atoms with Gasteiger partial charge in [-0.15, -0.1) is 11.3 Å². The molecule has 1 heterocycles. The molecule has 0 aliphatic heterocycles. The van der Waals surface area contributed by atoms with Gasteiger partial charge in [0.25, 0.3) is 5.91 Å². The molecule has 0 unspecified atom stereocenters. The highest BCUT2D eigenvalue weighted by Gasteiger charge is 2.10. The van der Waals surface area contributed by atoms with Crippen LogP contribution in [0.25, 0.3) is 0 Å². The van der Waals surface area contributed by atoms with Crippen molar-refractivity contribution in [2.45, 2.75) is 6.61 Å². The third-order valence-corrected chi connectivity index (χ3v) is 3.47. The van der Waals surface area contributed by atoms with Crippen molar-refractivity contribution in [3.8, 4) is 5.75 Å². The van der Waals surface area contributed by atoms with Crippen molar-refractivity contribution < 1.29 is 14.4 Å². The number of ether oxygens (including phenoxy) is 1. The van der Waals surface area contributed by atoms with Gasteiger partial charge in [0.15, 0.2) is 0 Å². The van der Waals surface area contributed by atoms with E-state index in [1.165, 1.54) is 17.1 Å². The Balaban J connectivity index is 1.96. The molecule has 1 aromatic heterocycles. The van der Waals surface area contributed by atoms with Gasteiger partial charge in [-0.2, -0.15) is 0 Å². The SMILES string of the molecule is CON(C)C(=O)c1ccc(OCc2cccs2)cc1. The molecule has 0 N–H and O–H groups in total. The zero-order chi connectivity index (χ0) is 13.7. The van der Waals surface area contributed by atoms with Crippen molar-refractivity contribution in [1.82, 2.24) is 5.06 Å². The molecule has 0 saturated carbocycles. The smallest absolute Gasteiger partial charge is 0.277 e. The normalized spacial score (nSPS) is 10.2. The lowest BCUT2D eigenvalue weighted by atomic mass is 10.2. The molecule has 1 aromatic carbocycles. The van der Waals surface area contributed by atoms with Crippen LogP contribution in [0.15, 0.2) is 41.8 Å². The monoisotopic (exact) mass is 277 g/mol. The zero-order valence-electron chi connectivity index (χ0n) is 10.8. The first kappa shape index (κ1) is 13.6. The van der Waals surface area contributed by atoms with Crippen LogP contribution in [0.1, 0.15) is 15.2 Å². The predicted octanol–water partition coefficient (Wildman–Crippen LogP) is 2.96. The summed E-state index contributed by atoms with van der Waals surface area (Å²) in [6, 6.07) is 11.0. The summed E-state index contributed by atoms with van der Waals surface area (Å²) in [5, 5.41) is 3.20. The van der Waals surface area contributed by atoms with Crippen LogP contribution >= 0.6 is 11.3 Å². The second-order valence-electron chi connectivity index (χ2n) is 3.88. The van der Waals surface area contributed by atoms with Gasteiger partial charge in [0.05, 0.1) is 7.11 Å². The second kappa shape index (κ2) is 6.36. The lowest BCUT2D eigenvalue weighted by Gasteiger charge is -2.13. The molecule has 4 nitrogen and oxygen atoms in total. The average molecular weight is 277 g/mol. The first-order chi connectivity index (χ1) is 9.20. The summed E-state index contributed by atoms with van der Waals surface area (Å²) in [6.45, 7) is 0.545. The molecule has 0 saturated heterocycles. The number of hydrogen-bond donors (Lipinski definition) is 0. The van der Waals surface area contributed by atoms with Gasteiger partial charge in [-0.1, -0.05) is 6.07 Å². The van der Waals surface area contributed by atoms with Gasteiger partial charge in [0, 0.05) is 17.5 Å². The summed E-state index contributed by atoms with van der Waals surface area (Å²) in [5.41, 5.74) is 0.563. The molecule has 0 fully saturated rings. The summed E-state index contributed by atoms with van der Waals surface area (Å²) in [7, 11) is 3.03. The van der Waals surface area contributed by atoms with Crippen molar-refractivity contribution in [2.24, 2.45) is 0 Å². The largest absolute Gasteiger partial charge is 0.488 e. The molecule has 100 valence electrons. The molecule has 0 aliphatic rings. The van der Waals surface area contributed by atoms with Crippen LogP contribution in [0.5, 0.6) is 5.75 Å². The summed E-state index contributed by atoms with van der Waals surface area (Å²) in [6.07, 6.45) is 0. The highest BCUT2D eigenvalue weighted by molar-refractivity contribution is 7.09. The van der Waals surface area contributed by atoms with E-state index in [1.807, 2.05) is 17.5 Å². The Morgan fingerprint density at radius 1 is 1.26 bits per heavy atom. The standard InChI is InChI=1S/C14H15NO3S/c1-15(17-2)14(16)11-5-7-12(8-6-11)18-10-13-4-3-9-19-13/h3-9H,10H2,1-2H3. The summed E-state index contributed by atoms with van der Waals surface area (Å²) in [4.78, 5) is 17.8. The topological polar surface area (TPSA) is 38.8 Å². The van der Waals surface area contributed by atoms with E-state index in [2.05, 4.69) is 0 Å². The summed E-state index contributed by atoms with van der Waals surface area (Å²) < 4.78 is 5.63. The number of hydroxylamine groups is 2. The first-order valence-electron chi connectivity index (χ1n) is 5.78. The minimum atomic E-state index is -0.188. The molecule has 0 radical (unpaired) electrons. The minimum Gasteiger partial charge on any atom is -0.488 e. The molecule has 0 spiro atoms. The lowest BCUT2D eigenvalue weighted by molar-refractivity contribution is -0.0757. The molecular weight excluding hydrogens is 262 g/mol. The maximum absolute atomic E-state index is 11.8. The van der Waals surface area contributed by atoms with Crippen LogP contribution in [0.3, 0.4) is 0 Å². The second-order valence-corrected chi connectivity index (χ2v) is 4.91. The minimum absolute atomic E-state index is 0.188. The van der Waals surface area contributed by atoms with E-state index in [0.29, 0.717) is 12.2 Å². The van der Waals surface area contributed by atoms with E-state index in [4.69, 9.17) is 9.57 Å². The van der Waals surface area contributed by atoms with Crippen LogP contribution in [-0.2, 0) is 11.4 Å². The Hall–Kier alpha value is -1.85. The van der Waals surface area contributed by atoms with Gasteiger partial charge in [0.2, 0.25) is 0 Å². The molecule has 2 aromatic rings.